The largest absolute Gasteiger partial charge is 0.246 e. The summed E-state index contributed by atoms with van der Waals surface area (Å²) in [5, 5.41) is 3.54. The van der Waals surface area contributed by atoms with Gasteiger partial charge in [0.2, 0.25) is 0 Å². The predicted molar refractivity (Wildman–Crippen MR) is 56.3 cm³/mol. The molecule has 1 aromatic rings. The number of hydrogen-bond acceptors (Lipinski definition) is 3. The fourth-order valence-electron chi connectivity index (χ4n) is 1.39. The summed E-state index contributed by atoms with van der Waals surface area (Å²) >= 11 is 6.02. The number of hydrogen-bond donors (Lipinski definition) is 1. The van der Waals surface area contributed by atoms with E-state index in [1.807, 2.05) is 11.3 Å². The molecule has 2 rings (SSSR count). The minimum atomic E-state index is 0.795. The van der Waals surface area contributed by atoms with Gasteiger partial charge < -0.3 is 0 Å². The Kier molecular flexibility index (Phi) is 2.71. The minimum absolute atomic E-state index is 0.795. The molecule has 0 saturated heterocycles. The van der Waals surface area contributed by atoms with E-state index in [1.165, 1.54) is 30.0 Å². The second-order valence-electron chi connectivity index (χ2n) is 3.28. The molecule has 0 N–H and O–H groups in total. The zero-order chi connectivity index (χ0) is 8.39. The van der Waals surface area contributed by atoms with Crippen LogP contribution in [0.5, 0.6) is 0 Å². The average molecular weight is 199 g/mol. The Morgan fingerprint density at radius 3 is 3.00 bits per heavy atom. The van der Waals surface area contributed by atoms with Gasteiger partial charge in [-0.3, -0.25) is 0 Å². The summed E-state index contributed by atoms with van der Waals surface area (Å²) in [5.74, 6) is 1.71. The lowest BCUT2D eigenvalue weighted by Gasteiger charge is -2.22. The van der Waals surface area contributed by atoms with Gasteiger partial charge in [-0.1, -0.05) is 6.42 Å². The number of aryl methyl sites for hydroxylation is 1. The Bertz CT molecular complexity index is 253. The number of nitrogens with zero attached hydrogens (tertiary/aromatic N) is 1. The molecule has 1 aromatic heterocycles. The van der Waals surface area contributed by atoms with Crippen molar-refractivity contribution in [1.29, 1.82) is 0 Å². The fourth-order valence-corrected chi connectivity index (χ4v) is 2.65. The molecule has 1 aliphatic rings. The fraction of sp³-hybridized carbons (Fsp3) is 0.667. The first-order valence-corrected chi connectivity index (χ1v) is 5.96. The van der Waals surface area contributed by atoms with Gasteiger partial charge in [0, 0.05) is 11.3 Å². The lowest BCUT2D eigenvalue weighted by Crippen LogP contribution is -2.08. The van der Waals surface area contributed by atoms with E-state index in [-0.39, 0.29) is 0 Å². The van der Waals surface area contributed by atoms with Crippen molar-refractivity contribution in [2.24, 2.45) is 0 Å². The Morgan fingerprint density at radius 2 is 2.42 bits per heavy atom. The predicted octanol–water partition coefficient (Wildman–Crippen LogP) is 2.88. The van der Waals surface area contributed by atoms with E-state index in [2.05, 4.69) is 23.0 Å². The van der Waals surface area contributed by atoms with Crippen LogP contribution < -0.4 is 0 Å². The van der Waals surface area contributed by atoms with Crippen molar-refractivity contribution in [3.63, 3.8) is 0 Å². The molecule has 3 heteroatoms. The lowest BCUT2D eigenvalue weighted by molar-refractivity contribution is 0.418. The van der Waals surface area contributed by atoms with Crippen LogP contribution in [0.2, 0.25) is 0 Å². The van der Waals surface area contributed by atoms with E-state index in [1.54, 1.807) is 0 Å². The van der Waals surface area contributed by atoms with E-state index in [9.17, 15) is 0 Å². The molecule has 66 valence electrons. The Hall–Kier alpha value is -0.0200. The summed E-state index contributed by atoms with van der Waals surface area (Å²) in [7, 11) is 0. The van der Waals surface area contributed by atoms with E-state index < -0.39 is 0 Å². The molecule has 1 saturated carbocycles. The summed E-state index contributed by atoms with van der Waals surface area (Å²) < 4.78 is 0. The van der Waals surface area contributed by atoms with Crippen LogP contribution in [0.4, 0.5) is 0 Å². The topological polar surface area (TPSA) is 12.9 Å². The van der Waals surface area contributed by atoms with E-state index in [0.29, 0.717) is 0 Å². The molecule has 0 unspecified atom stereocenters. The molecule has 0 aliphatic heterocycles. The molecular formula is C9H13NS2. The summed E-state index contributed by atoms with van der Waals surface area (Å²) in [6, 6.07) is 0. The van der Waals surface area contributed by atoms with Gasteiger partial charge in [0.15, 0.2) is 0 Å². The lowest BCUT2D eigenvalue weighted by atomic mass is 9.86. The van der Waals surface area contributed by atoms with Crippen LogP contribution in [0, 0.1) is 0 Å². The molecule has 0 bridgehead atoms. The molecule has 0 radical (unpaired) electrons. The average Bonchev–Trinajstić information content (AvgIpc) is 2.34. The molecule has 0 spiro atoms. The first-order valence-electron chi connectivity index (χ1n) is 4.45. The normalized spacial score (nSPS) is 17.8. The maximum atomic E-state index is 4.59. The van der Waals surface area contributed by atoms with E-state index in [4.69, 9.17) is 0 Å². The summed E-state index contributed by atoms with van der Waals surface area (Å²) in [6.07, 6.45) is 5.13. The highest BCUT2D eigenvalue weighted by atomic mass is 32.1. The van der Waals surface area contributed by atoms with Crippen LogP contribution in [0.3, 0.4) is 0 Å². The van der Waals surface area contributed by atoms with Gasteiger partial charge in [-0.25, -0.2) is 4.98 Å². The third kappa shape index (κ3) is 1.67. The van der Waals surface area contributed by atoms with Crippen LogP contribution in [-0.2, 0) is 6.42 Å². The number of aromatic nitrogens is 1. The van der Waals surface area contributed by atoms with Gasteiger partial charge in [-0.05, 0) is 25.0 Å². The molecule has 0 atom stereocenters. The van der Waals surface area contributed by atoms with Crippen molar-refractivity contribution < 1.29 is 0 Å². The molecular weight excluding hydrogens is 186 g/mol. The summed E-state index contributed by atoms with van der Waals surface area (Å²) in [5.41, 5.74) is 1.23. The van der Waals surface area contributed by atoms with Gasteiger partial charge in [-0.15, -0.1) is 11.3 Å². The van der Waals surface area contributed by atoms with Crippen molar-refractivity contribution in [1.82, 2.24) is 4.98 Å². The third-order valence-corrected chi connectivity index (χ3v) is 3.67. The van der Waals surface area contributed by atoms with Crippen LogP contribution in [0.1, 0.15) is 35.9 Å². The minimum Gasteiger partial charge on any atom is -0.246 e. The first-order chi connectivity index (χ1) is 5.90. The maximum absolute atomic E-state index is 4.59. The van der Waals surface area contributed by atoms with E-state index in [0.717, 1.165) is 18.1 Å². The van der Waals surface area contributed by atoms with Gasteiger partial charge in [0.05, 0.1) is 10.7 Å². The van der Waals surface area contributed by atoms with Crippen molar-refractivity contribution in [3.05, 3.63) is 16.1 Å². The quantitative estimate of drug-likeness (QED) is 0.739. The second-order valence-corrected chi connectivity index (χ2v) is 4.62. The van der Waals surface area contributed by atoms with Crippen molar-refractivity contribution in [2.45, 2.75) is 31.6 Å². The van der Waals surface area contributed by atoms with Crippen LogP contribution in [0.15, 0.2) is 5.38 Å². The van der Waals surface area contributed by atoms with Crippen molar-refractivity contribution in [2.75, 3.05) is 5.75 Å². The summed E-state index contributed by atoms with van der Waals surface area (Å²) in [4.78, 5) is 4.59. The van der Waals surface area contributed by atoms with Crippen LogP contribution >= 0.6 is 24.0 Å². The number of thiol groups is 1. The Balaban J connectivity index is 2.02. The maximum Gasteiger partial charge on any atom is 0.0959 e. The van der Waals surface area contributed by atoms with Gasteiger partial charge in [0.25, 0.3) is 0 Å². The summed E-state index contributed by atoms with van der Waals surface area (Å²) in [6.45, 7) is 0. The molecule has 0 aromatic carbocycles. The van der Waals surface area contributed by atoms with Crippen molar-refractivity contribution in [3.8, 4) is 0 Å². The highest BCUT2D eigenvalue weighted by molar-refractivity contribution is 7.80. The SMILES string of the molecule is SCCc1csc(C2CCC2)n1. The van der Waals surface area contributed by atoms with Crippen LogP contribution in [-0.4, -0.2) is 10.7 Å². The molecule has 1 fully saturated rings. The zero-order valence-electron chi connectivity index (χ0n) is 6.99. The van der Waals surface area contributed by atoms with Gasteiger partial charge in [-0.2, -0.15) is 12.6 Å². The standard InChI is InChI=1S/C9H13NS2/c11-5-4-8-6-12-9(10-8)7-2-1-3-7/h6-7,11H,1-5H2. The van der Waals surface area contributed by atoms with Crippen LogP contribution in [0.25, 0.3) is 0 Å². The zero-order valence-corrected chi connectivity index (χ0v) is 8.70. The second kappa shape index (κ2) is 3.79. The first kappa shape index (κ1) is 8.57. The van der Waals surface area contributed by atoms with E-state index >= 15 is 0 Å². The molecule has 12 heavy (non-hydrogen) atoms. The van der Waals surface area contributed by atoms with Gasteiger partial charge in [0.1, 0.15) is 0 Å². The highest BCUT2D eigenvalue weighted by Gasteiger charge is 2.22. The van der Waals surface area contributed by atoms with Crippen molar-refractivity contribution >= 4 is 24.0 Å². The smallest absolute Gasteiger partial charge is 0.0959 e. The molecule has 1 heterocycles. The highest BCUT2D eigenvalue weighted by Crippen LogP contribution is 2.37. The van der Waals surface area contributed by atoms with Gasteiger partial charge >= 0.3 is 0 Å². The monoisotopic (exact) mass is 199 g/mol. The Morgan fingerprint density at radius 1 is 1.58 bits per heavy atom. The molecule has 0 amide bonds. The Labute approximate surface area is 82.6 Å². The number of thiazole rings is 1. The third-order valence-electron chi connectivity index (χ3n) is 2.39. The molecule has 1 nitrogen and oxygen atoms in total. The molecule has 1 aliphatic carbocycles. The number of rotatable bonds is 3.